The maximum Gasteiger partial charge on any atom is 0.303 e. The van der Waals surface area contributed by atoms with Crippen molar-refractivity contribution in [1.82, 2.24) is 5.32 Å². The van der Waals surface area contributed by atoms with Crippen LogP contribution in [0.15, 0.2) is 24.3 Å². The minimum Gasteiger partial charge on any atom is -0.456 e. The maximum absolute atomic E-state index is 11.5. The largest absolute Gasteiger partial charge is 0.456 e. The van der Waals surface area contributed by atoms with E-state index in [1.807, 2.05) is 0 Å². The van der Waals surface area contributed by atoms with Crippen LogP contribution < -0.4 is 11.1 Å². The number of amides is 2. The molecule has 7 heteroatoms. The first-order valence-electron chi connectivity index (χ1n) is 5.85. The molecule has 0 unspecified atom stereocenters. The van der Waals surface area contributed by atoms with E-state index in [2.05, 4.69) is 10.1 Å². The first kappa shape index (κ1) is 16.0. The molecule has 1 rings (SSSR count). The van der Waals surface area contributed by atoms with Gasteiger partial charge in [-0.1, -0.05) is 29.8 Å². The molecule has 0 saturated carbocycles. The Bertz CT molecular complexity index is 519. The minimum atomic E-state index is -0.919. The van der Waals surface area contributed by atoms with Crippen molar-refractivity contribution in [3.63, 3.8) is 0 Å². The average Bonchev–Trinajstić information content (AvgIpc) is 2.38. The molecule has 3 N–H and O–H groups in total. The molecular formula is C13H15ClN2O4. The molecule has 0 heterocycles. The number of carbonyl (C=O) groups excluding carboxylic acids is 3. The van der Waals surface area contributed by atoms with Crippen LogP contribution in [0, 0.1) is 0 Å². The van der Waals surface area contributed by atoms with Crippen molar-refractivity contribution in [3.8, 4) is 0 Å². The van der Waals surface area contributed by atoms with Gasteiger partial charge in [0, 0.05) is 18.4 Å². The summed E-state index contributed by atoms with van der Waals surface area (Å²) in [6, 6.07) is 6.01. The molecule has 108 valence electrons. The van der Waals surface area contributed by atoms with Gasteiger partial charge in [-0.2, -0.15) is 0 Å². The van der Waals surface area contributed by atoms with Gasteiger partial charge in [0.25, 0.3) is 5.91 Å². The lowest BCUT2D eigenvalue weighted by Gasteiger charge is -2.16. The molecular weight excluding hydrogens is 284 g/mol. The van der Waals surface area contributed by atoms with E-state index in [1.54, 1.807) is 24.3 Å². The molecule has 1 atom stereocenters. The van der Waals surface area contributed by atoms with E-state index < -0.39 is 30.4 Å². The molecule has 0 radical (unpaired) electrons. The molecule has 1 aromatic carbocycles. The normalized spacial score (nSPS) is 11.5. The van der Waals surface area contributed by atoms with Crippen molar-refractivity contribution < 1.29 is 19.1 Å². The van der Waals surface area contributed by atoms with Crippen LogP contribution in [0.1, 0.15) is 12.5 Å². The maximum atomic E-state index is 11.5. The number of nitrogens with two attached hydrogens (primary N) is 1. The molecule has 0 aliphatic heterocycles. The number of rotatable bonds is 6. The zero-order valence-electron chi connectivity index (χ0n) is 10.9. The number of benzene rings is 1. The van der Waals surface area contributed by atoms with Crippen molar-refractivity contribution in [1.29, 1.82) is 0 Å². The highest BCUT2D eigenvalue weighted by Gasteiger charge is 2.20. The zero-order valence-corrected chi connectivity index (χ0v) is 11.6. The van der Waals surface area contributed by atoms with E-state index in [4.69, 9.17) is 17.3 Å². The van der Waals surface area contributed by atoms with Crippen LogP contribution in [0.3, 0.4) is 0 Å². The summed E-state index contributed by atoms with van der Waals surface area (Å²) >= 11 is 5.98. The predicted octanol–water partition coefficient (Wildman–Crippen LogP) is 0.416. The van der Waals surface area contributed by atoms with Crippen LogP contribution in [-0.4, -0.2) is 30.4 Å². The third-order valence-corrected chi connectivity index (χ3v) is 2.84. The number of ether oxygens (including phenoxy) is 1. The molecule has 2 amide bonds. The van der Waals surface area contributed by atoms with E-state index in [1.165, 1.54) is 6.92 Å². The molecule has 0 aromatic heterocycles. The Hall–Kier alpha value is -2.08. The van der Waals surface area contributed by atoms with E-state index >= 15 is 0 Å². The van der Waals surface area contributed by atoms with Gasteiger partial charge < -0.3 is 15.8 Å². The second-order valence-electron chi connectivity index (χ2n) is 4.10. The molecule has 1 aromatic rings. The number of esters is 1. The standard InChI is InChI=1S/C13H15ClN2O4/c1-8(17)20-7-12(18)16-11(13(15)19)6-9-4-2-3-5-10(9)14/h2-5,11H,6-7H2,1H3,(H2,15,19)(H,16,18)/t11-/m1/s1. The molecule has 6 nitrogen and oxygen atoms in total. The van der Waals surface area contributed by atoms with E-state index in [0.29, 0.717) is 10.6 Å². The number of hydrogen-bond acceptors (Lipinski definition) is 4. The molecule has 0 spiro atoms. The van der Waals surface area contributed by atoms with Gasteiger partial charge in [-0.15, -0.1) is 0 Å². The lowest BCUT2D eigenvalue weighted by Crippen LogP contribution is -2.47. The third-order valence-electron chi connectivity index (χ3n) is 2.47. The summed E-state index contributed by atoms with van der Waals surface area (Å²) in [5, 5.41) is 2.88. The highest BCUT2D eigenvalue weighted by Crippen LogP contribution is 2.16. The van der Waals surface area contributed by atoms with Crippen molar-refractivity contribution >= 4 is 29.4 Å². The lowest BCUT2D eigenvalue weighted by atomic mass is 10.1. The molecule has 20 heavy (non-hydrogen) atoms. The van der Waals surface area contributed by atoms with Gasteiger partial charge >= 0.3 is 5.97 Å². The van der Waals surface area contributed by atoms with E-state index in [9.17, 15) is 14.4 Å². The van der Waals surface area contributed by atoms with Crippen LogP contribution in [0.25, 0.3) is 0 Å². The number of nitrogens with one attached hydrogen (secondary N) is 1. The molecule has 0 saturated heterocycles. The summed E-state index contributed by atoms with van der Waals surface area (Å²) < 4.78 is 4.53. The van der Waals surface area contributed by atoms with Gasteiger partial charge in [0.05, 0.1) is 0 Å². The Labute approximate surface area is 121 Å². The van der Waals surface area contributed by atoms with Crippen LogP contribution in [0.5, 0.6) is 0 Å². The second kappa shape index (κ2) is 7.49. The van der Waals surface area contributed by atoms with Gasteiger partial charge in [0.2, 0.25) is 5.91 Å². The van der Waals surface area contributed by atoms with Gasteiger partial charge in [-0.25, -0.2) is 0 Å². The first-order valence-corrected chi connectivity index (χ1v) is 6.23. The molecule has 0 aliphatic rings. The molecule has 0 bridgehead atoms. The summed E-state index contributed by atoms with van der Waals surface area (Å²) in [5.41, 5.74) is 5.92. The SMILES string of the molecule is CC(=O)OCC(=O)N[C@H](Cc1ccccc1Cl)C(N)=O. The summed E-state index contributed by atoms with van der Waals surface area (Å²) in [6.45, 7) is 0.726. The monoisotopic (exact) mass is 298 g/mol. The number of carbonyl (C=O) groups is 3. The Morgan fingerprint density at radius 2 is 2.00 bits per heavy atom. The van der Waals surface area contributed by atoms with Crippen LogP contribution in [0.4, 0.5) is 0 Å². The summed E-state index contributed by atoms with van der Waals surface area (Å²) in [7, 11) is 0. The van der Waals surface area contributed by atoms with Crippen molar-refractivity contribution in [2.24, 2.45) is 5.73 Å². The summed E-state index contributed by atoms with van der Waals surface area (Å²) in [5.74, 6) is -1.88. The Morgan fingerprint density at radius 3 is 2.55 bits per heavy atom. The fourth-order valence-electron chi connectivity index (χ4n) is 1.51. The van der Waals surface area contributed by atoms with Crippen LogP contribution >= 0.6 is 11.6 Å². The van der Waals surface area contributed by atoms with Crippen LogP contribution in [0.2, 0.25) is 5.02 Å². The Morgan fingerprint density at radius 1 is 1.35 bits per heavy atom. The quantitative estimate of drug-likeness (QED) is 0.743. The first-order chi connectivity index (χ1) is 9.40. The minimum absolute atomic E-state index is 0.167. The zero-order chi connectivity index (χ0) is 15.1. The number of halogens is 1. The molecule has 0 fully saturated rings. The average molecular weight is 299 g/mol. The third kappa shape index (κ3) is 5.27. The highest BCUT2D eigenvalue weighted by molar-refractivity contribution is 6.31. The topological polar surface area (TPSA) is 98.5 Å². The van der Waals surface area contributed by atoms with Crippen LogP contribution in [-0.2, 0) is 25.5 Å². The predicted molar refractivity (Wildman–Crippen MR) is 72.9 cm³/mol. The summed E-state index contributed by atoms with van der Waals surface area (Å²) in [4.78, 5) is 33.4. The Balaban J connectivity index is 2.66. The van der Waals surface area contributed by atoms with Crippen molar-refractivity contribution in [2.45, 2.75) is 19.4 Å². The van der Waals surface area contributed by atoms with Crippen molar-refractivity contribution in [3.05, 3.63) is 34.9 Å². The number of primary amides is 1. The fraction of sp³-hybridized carbons (Fsp3) is 0.308. The smallest absolute Gasteiger partial charge is 0.303 e. The van der Waals surface area contributed by atoms with Gasteiger partial charge in [0.1, 0.15) is 6.04 Å². The highest BCUT2D eigenvalue weighted by atomic mass is 35.5. The van der Waals surface area contributed by atoms with Gasteiger partial charge in [-0.05, 0) is 11.6 Å². The summed E-state index contributed by atoms with van der Waals surface area (Å²) in [6.07, 6.45) is 0.167. The number of hydrogen-bond donors (Lipinski definition) is 2. The van der Waals surface area contributed by atoms with Gasteiger partial charge in [0.15, 0.2) is 6.61 Å². The van der Waals surface area contributed by atoms with Gasteiger partial charge in [-0.3, -0.25) is 14.4 Å². The fourth-order valence-corrected chi connectivity index (χ4v) is 1.72. The van der Waals surface area contributed by atoms with E-state index in [0.717, 1.165) is 0 Å². The lowest BCUT2D eigenvalue weighted by molar-refractivity contribution is -0.146. The molecule has 0 aliphatic carbocycles. The Kier molecular flexibility index (Phi) is 5.99. The second-order valence-corrected chi connectivity index (χ2v) is 4.51. The van der Waals surface area contributed by atoms with E-state index in [-0.39, 0.29) is 6.42 Å². The van der Waals surface area contributed by atoms with Crippen molar-refractivity contribution in [2.75, 3.05) is 6.61 Å².